The number of fused-ring (bicyclic) bond motifs is 1. The molecule has 2 rings (SSSR count). The Morgan fingerprint density at radius 3 is 2.93 bits per heavy atom. The molecule has 2 aromatic heterocycles. The van der Waals surface area contributed by atoms with Crippen LogP contribution in [0.25, 0.3) is 10.2 Å². The molecule has 0 saturated carbocycles. The van der Waals surface area contributed by atoms with Crippen molar-refractivity contribution >= 4 is 21.6 Å². The van der Waals surface area contributed by atoms with Crippen LogP contribution in [0.4, 0.5) is 0 Å². The second kappa shape index (κ2) is 4.26. The summed E-state index contributed by atoms with van der Waals surface area (Å²) in [4.78, 5) is 4.41. The van der Waals surface area contributed by atoms with Crippen LogP contribution in [0.3, 0.4) is 0 Å². The van der Waals surface area contributed by atoms with Crippen molar-refractivity contribution in [1.82, 2.24) is 10.4 Å². The SMILES string of the molecule is CC(C)C(NN)c1cnc2ccsc2c1. The Morgan fingerprint density at radius 2 is 2.27 bits per heavy atom. The molecule has 0 fully saturated rings. The van der Waals surface area contributed by atoms with Crippen molar-refractivity contribution in [3.63, 3.8) is 0 Å². The minimum Gasteiger partial charge on any atom is -0.271 e. The first kappa shape index (κ1) is 10.5. The summed E-state index contributed by atoms with van der Waals surface area (Å²) in [6.45, 7) is 4.28. The van der Waals surface area contributed by atoms with Gasteiger partial charge in [-0.3, -0.25) is 16.3 Å². The van der Waals surface area contributed by atoms with Crippen LogP contribution in [0.15, 0.2) is 23.7 Å². The number of hydrogen-bond donors (Lipinski definition) is 2. The number of nitrogens with two attached hydrogens (primary N) is 1. The molecule has 0 radical (unpaired) electrons. The van der Waals surface area contributed by atoms with E-state index in [1.54, 1.807) is 11.3 Å². The molecule has 0 aliphatic carbocycles. The van der Waals surface area contributed by atoms with E-state index in [2.05, 4.69) is 35.7 Å². The summed E-state index contributed by atoms with van der Waals surface area (Å²) in [6, 6.07) is 4.37. The molecule has 0 saturated heterocycles. The van der Waals surface area contributed by atoms with Crippen molar-refractivity contribution in [3.8, 4) is 0 Å². The van der Waals surface area contributed by atoms with Gasteiger partial charge >= 0.3 is 0 Å². The normalized spacial score (nSPS) is 13.6. The van der Waals surface area contributed by atoms with Gasteiger partial charge in [0.15, 0.2) is 0 Å². The summed E-state index contributed by atoms with van der Waals surface area (Å²) in [6.07, 6.45) is 1.90. The number of nitrogens with one attached hydrogen (secondary N) is 1. The zero-order valence-electron chi connectivity index (χ0n) is 8.90. The molecule has 15 heavy (non-hydrogen) atoms. The molecule has 0 amide bonds. The van der Waals surface area contributed by atoms with Crippen molar-refractivity contribution in [2.45, 2.75) is 19.9 Å². The molecular weight excluding hydrogens is 206 g/mol. The maximum atomic E-state index is 5.55. The number of rotatable bonds is 3. The van der Waals surface area contributed by atoms with Crippen molar-refractivity contribution in [1.29, 1.82) is 0 Å². The first-order valence-electron chi connectivity index (χ1n) is 5.01. The van der Waals surface area contributed by atoms with Gasteiger partial charge in [0.2, 0.25) is 0 Å². The van der Waals surface area contributed by atoms with Crippen LogP contribution >= 0.6 is 11.3 Å². The van der Waals surface area contributed by atoms with E-state index < -0.39 is 0 Å². The average Bonchev–Trinajstić information content (AvgIpc) is 2.65. The summed E-state index contributed by atoms with van der Waals surface area (Å²) in [5.74, 6) is 6.00. The summed E-state index contributed by atoms with van der Waals surface area (Å²) in [5.41, 5.74) is 5.05. The Morgan fingerprint density at radius 1 is 1.47 bits per heavy atom. The third-order valence-corrected chi connectivity index (χ3v) is 3.38. The Balaban J connectivity index is 2.41. The maximum absolute atomic E-state index is 5.55. The molecular formula is C11H15N3S. The molecule has 0 aliphatic heterocycles. The number of thiophene rings is 1. The minimum atomic E-state index is 0.170. The Labute approximate surface area is 93.3 Å². The highest BCUT2D eigenvalue weighted by molar-refractivity contribution is 7.17. The molecule has 1 atom stereocenters. The van der Waals surface area contributed by atoms with Gasteiger partial charge in [-0.15, -0.1) is 11.3 Å². The molecule has 0 aromatic carbocycles. The van der Waals surface area contributed by atoms with E-state index in [0.717, 1.165) is 11.1 Å². The second-order valence-electron chi connectivity index (χ2n) is 3.96. The van der Waals surface area contributed by atoms with Gasteiger partial charge in [-0.2, -0.15) is 0 Å². The van der Waals surface area contributed by atoms with E-state index in [-0.39, 0.29) is 6.04 Å². The molecule has 0 bridgehead atoms. The monoisotopic (exact) mass is 221 g/mol. The lowest BCUT2D eigenvalue weighted by molar-refractivity contribution is 0.420. The number of aromatic nitrogens is 1. The van der Waals surface area contributed by atoms with Crippen LogP contribution < -0.4 is 11.3 Å². The number of hydrogen-bond acceptors (Lipinski definition) is 4. The predicted molar refractivity (Wildman–Crippen MR) is 64.5 cm³/mol. The molecule has 1 unspecified atom stereocenters. The molecule has 3 nitrogen and oxygen atoms in total. The van der Waals surface area contributed by atoms with Gasteiger partial charge in [0, 0.05) is 12.2 Å². The summed E-state index contributed by atoms with van der Waals surface area (Å²) in [7, 11) is 0. The first-order valence-corrected chi connectivity index (χ1v) is 5.89. The third kappa shape index (κ3) is 2.02. The summed E-state index contributed by atoms with van der Waals surface area (Å²) < 4.78 is 1.22. The largest absolute Gasteiger partial charge is 0.271 e. The van der Waals surface area contributed by atoms with Gasteiger partial charge < -0.3 is 0 Å². The molecule has 2 aromatic rings. The lowest BCUT2D eigenvalue weighted by atomic mass is 9.98. The lowest BCUT2D eigenvalue weighted by Gasteiger charge is -2.19. The number of nitrogens with zero attached hydrogens (tertiary/aromatic N) is 1. The fourth-order valence-corrected chi connectivity index (χ4v) is 2.49. The minimum absolute atomic E-state index is 0.170. The zero-order valence-corrected chi connectivity index (χ0v) is 9.71. The van der Waals surface area contributed by atoms with E-state index >= 15 is 0 Å². The maximum Gasteiger partial charge on any atom is 0.0809 e. The van der Waals surface area contributed by atoms with Gasteiger partial charge in [-0.25, -0.2) is 0 Å². The van der Waals surface area contributed by atoms with E-state index in [4.69, 9.17) is 5.84 Å². The van der Waals surface area contributed by atoms with Crippen LogP contribution in [-0.4, -0.2) is 4.98 Å². The molecule has 0 spiro atoms. The molecule has 80 valence electrons. The highest BCUT2D eigenvalue weighted by Crippen LogP contribution is 2.25. The predicted octanol–water partition coefficient (Wildman–Crippen LogP) is 2.46. The van der Waals surface area contributed by atoms with Crippen molar-refractivity contribution in [3.05, 3.63) is 29.3 Å². The number of pyridine rings is 1. The van der Waals surface area contributed by atoms with E-state index in [1.807, 2.05) is 12.3 Å². The lowest BCUT2D eigenvalue weighted by Crippen LogP contribution is -2.31. The third-order valence-electron chi connectivity index (χ3n) is 2.53. The standard InChI is InChI=1S/C11H15N3S/c1-7(2)11(14-12)8-5-10-9(13-6-8)3-4-15-10/h3-7,11,14H,12H2,1-2H3. The van der Waals surface area contributed by atoms with E-state index in [1.165, 1.54) is 4.70 Å². The number of hydrazine groups is 1. The van der Waals surface area contributed by atoms with Gasteiger partial charge in [0.1, 0.15) is 0 Å². The van der Waals surface area contributed by atoms with Gasteiger partial charge in [0.25, 0.3) is 0 Å². The van der Waals surface area contributed by atoms with Crippen LogP contribution in [0, 0.1) is 5.92 Å². The summed E-state index contributed by atoms with van der Waals surface area (Å²) in [5, 5.41) is 2.06. The van der Waals surface area contributed by atoms with Gasteiger partial charge in [-0.05, 0) is 29.0 Å². The Kier molecular flexibility index (Phi) is 3.00. The first-order chi connectivity index (χ1) is 7.22. The fraction of sp³-hybridized carbons (Fsp3) is 0.364. The quantitative estimate of drug-likeness (QED) is 0.618. The molecule has 3 N–H and O–H groups in total. The molecule has 0 aliphatic rings. The van der Waals surface area contributed by atoms with Crippen molar-refractivity contribution < 1.29 is 0 Å². The highest BCUT2D eigenvalue weighted by Gasteiger charge is 2.14. The highest BCUT2D eigenvalue weighted by atomic mass is 32.1. The van der Waals surface area contributed by atoms with Gasteiger partial charge in [0.05, 0.1) is 10.2 Å². The van der Waals surface area contributed by atoms with Crippen molar-refractivity contribution in [2.75, 3.05) is 0 Å². The Hall–Kier alpha value is -0.970. The molecule has 4 heteroatoms. The van der Waals surface area contributed by atoms with E-state index in [9.17, 15) is 0 Å². The molecule has 2 heterocycles. The van der Waals surface area contributed by atoms with Crippen LogP contribution in [-0.2, 0) is 0 Å². The van der Waals surface area contributed by atoms with Gasteiger partial charge in [-0.1, -0.05) is 13.8 Å². The average molecular weight is 221 g/mol. The van der Waals surface area contributed by atoms with E-state index in [0.29, 0.717) is 5.92 Å². The second-order valence-corrected chi connectivity index (χ2v) is 4.91. The van der Waals surface area contributed by atoms with Crippen LogP contribution in [0.5, 0.6) is 0 Å². The zero-order chi connectivity index (χ0) is 10.8. The van der Waals surface area contributed by atoms with Crippen LogP contribution in [0.2, 0.25) is 0 Å². The smallest absolute Gasteiger partial charge is 0.0809 e. The Bertz CT molecular complexity index is 450. The van der Waals surface area contributed by atoms with Crippen molar-refractivity contribution in [2.24, 2.45) is 11.8 Å². The topological polar surface area (TPSA) is 50.9 Å². The van der Waals surface area contributed by atoms with Crippen LogP contribution in [0.1, 0.15) is 25.5 Å². The fourth-order valence-electron chi connectivity index (χ4n) is 1.71. The summed E-state index contributed by atoms with van der Waals surface area (Å²) >= 11 is 1.71.